The molecule has 0 saturated heterocycles. The van der Waals surface area contributed by atoms with Gasteiger partial charge in [0, 0.05) is 13.2 Å². The highest BCUT2D eigenvalue weighted by Gasteiger charge is 2.01. The van der Waals surface area contributed by atoms with Gasteiger partial charge in [-0.2, -0.15) is 5.10 Å². The Balaban J connectivity index is 2.87. The third kappa shape index (κ3) is 1.85. The molecule has 0 aromatic carbocycles. The molecule has 12 heavy (non-hydrogen) atoms. The first kappa shape index (κ1) is 8.32. The van der Waals surface area contributed by atoms with Gasteiger partial charge < -0.3 is 10.8 Å². The third-order valence-corrected chi connectivity index (χ3v) is 1.28. The Morgan fingerprint density at radius 2 is 2.50 bits per heavy atom. The van der Waals surface area contributed by atoms with Crippen LogP contribution in [-0.4, -0.2) is 20.9 Å². The van der Waals surface area contributed by atoms with Crippen LogP contribution in [0, 0.1) is 0 Å². The monoisotopic (exact) mass is 167 g/mol. The van der Waals surface area contributed by atoms with E-state index in [9.17, 15) is 4.79 Å². The van der Waals surface area contributed by atoms with Gasteiger partial charge in [-0.15, -0.1) is 0 Å². The van der Waals surface area contributed by atoms with Gasteiger partial charge in [-0.05, 0) is 12.1 Å². The fraction of sp³-hybridized carbons (Fsp3) is 0.143. The Kier molecular flexibility index (Phi) is 2.14. The van der Waals surface area contributed by atoms with Crippen molar-refractivity contribution < 1.29 is 9.90 Å². The van der Waals surface area contributed by atoms with Crippen LogP contribution in [0.5, 0.6) is 0 Å². The van der Waals surface area contributed by atoms with Crippen molar-refractivity contribution >= 4 is 12.0 Å². The van der Waals surface area contributed by atoms with Crippen LogP contribution in [0.15, 0.2) is 18.0 Å². The maximum atomic E-state index is 10.3. The van der Waals surface area contributed by atoms with Crippen LogP contribution < -0.4 is 5.73 Å². The molecule has 0 amide bonds. The average Bonchev–Trinajstić information content (AvgIpc) is 2.35. The minimum Gasteiger partial charge on any atom is -0.477 e. The van der Waals surface area contributed by atoms with Crippen molar-refractivity contribution in [1.82, 2.24) is 9.78 Å². The SMILES string of the molecule is Cn1ccc(/C=C(/N)C(=O)O)n1. The second-order valence-electron chi connectivity index (χ2n) is 2.32. The minimum absolute atomic E-state index is 0.214. The van der Waals surface area contributed by atoms with Crippen molar-refractivity contribution in [2.75, 3.05) is 0 Å². The van der Waals surface area contributed by atoms with E-state index >= 15 is 0 Å². The predicted molar refractivity (Wildman–Crippen MR) is 43.0 cm³/mol. The highest BCUT2D eigenvalue weighted by molar-refractivity contribution is 5.90. The van der Waals surface area contributed by atoms with E-state index in [-0.39, 0.29) is 5.70 Å². The molecule has 0 radical (unpaired) electrons. The first-order chi connectivity index (χ1) is 5.59. The number of carbonyl (C=O) groups is 1. The molecule has 5 nitrogen and oxygen atoms in total. The van der Waals surface area contributed by atoms with E-state index in [1.54, 1.807) is 24.0 Å². The Morgan fingerprint density at radius 1 is 1.83 bits per heavy atom. The lowest BCUT2D eigenvalue weighted by atomic mass is 10.3. The number of aliphatic carboxylic acids is 1. The third-order valence-electron chi connectivity index (χ3n) is 1.28. The predicted octanol–water partition coefficient (Wildman–Crippen LogP) is -0.196. The Morgan fingerprint density at radius 3 is 2.92 bits per heavy atom. The highest BCUT2D eigenvalue weighted by Crippen LogP contribution is 1.99. The number of aryl methyl sites for hydroxylation is 1. The van der Waals surface area contributed by atoms with Gasteiger partial charge in [0.1, 0.15) is 5.70 Å². The molecule has 1 heterocycles. The molecule has 0 aliphatic heterocycles. The van der Waals surface area contributed by atoms with Gasteiger partial charge in [0.05, 0.1) is 5.69 Å². The molecule has 0 spiro atoms. The topological polar surface area (TPSA) is 81.1 Å². The summed E-state index contributed by atoms with van der Waals surface area (Å²) in [5, 5.41) is 12.4. The molecular formula is C7H9N3O2. The summed E-state index contributed by atoms with van der Waals surface area (Å²) in [7, 11) is 1.74. The maximum Gasteiger partial charge on any atom is 0.351 e. The van der Waals surface area contributed by atoms with Crippen LogP contribution in [0.25, 0.3) is 6.08 Å². The molecule has 0 bridgehead atoms. The van der Waals surface area contributed by atoms with E-state index in [0.29, 0.717) is 5.69 Å². The molecular weight excluding hydrogens is 158 g/mol. The van der Waals surface area contributed by atoms with E-state index < -0.39 is 5.97 Å². The molecule has 1 aromatic heterocycles. The lowest BCUT2D eigenvalue weighted by Crippen LogP contribution is -2.09. The average molecular weight is 167 g/mol. The largest absolute Gasteiger partial charge is 0.477 e. The summed E-state index contributed by atoms with van der Waals surface area (Å²) in [5.41, 5.74) is 5.50. The summed E-state index contributed by atoms with van der Waals surface area (Å²) in [6.07, 6.45) is 3.02. The number of hydrogen-bond acceptors (Lipinski definition) is 3. The fourth-order valence-electron chi connectivity index (χ4n) is 0.731. The number of rotatable bonds is 2. The van der Waals surface area contributed by atoms with Crippen molar-refractivity contribution in [2.24, 2.45) is 12.8 Å². The van der Waals surface area contributed by atoms with Crippen LogP contribution in [0.1, 0.15) is 5.69 Å². The van der Waals surface area contributed by atoms with E-state index in [1.165, 1.54) is 6.08 Å². The number of carboxylic acid groups (broad SMARTS) is 1. The van der Waals surface area contributed by atoms with Crippen LogP contribution in [0.3, 0.4) is 0 Å². The zero-order chi connectivity index (χ0) is 9.14. The summed E-state index contributed by atoms with van der Waals surface area (Å²) >= 11 is 0. The quantitative estimate of drug-likeness (QED) is 0.598. The molecule has 3 N–H and O–H groups in total. The molecule has 5 heteroatoms. The summed E-state index contributed by atoms with van der Waals surface area (Å²) in [4.78, 5) is 10.3. The zero-order valence-electron chi connectivity index (χ0n) is 6.56. The van der Waals surface area contributed by atoms with Gasteiger partial charge in [-0.1, -0.05) is 0 Å². The Bertz CT molecular complexity index is 327. The number of carboxylic acids is 1. The molecule has 1 rings (SSSR count). The van der Waals surface area contributed by atoms with Gasteiger partial charge >= 0.3 is 5.97 Å². The molecule has 0 aliphatic carbocycles. The smallest absolute Gasteiger partial charge is 0.351 e. The molecule has 0 saturated carbocycles. The van der Waals surface area contributed by atoms with Gasteiger partial charge in [-0.25, -0.2) is 4.79 Å². The molecule has 0 fully saturated rings. The number of nitrogens with zero attached hydrogens (tertiary/aromatic N) is 2. The van der Waals surface area contributed by atoms with Gasteiger partial charge in [-0.3, -0.25) is 4.68 Å². The fourth-order valence-corrected chi connectivity index (χ4v) is 0.731. The maximum absolute atomic E-state index is 10.3. The summed E-state index contributed by atoms with van der Waals surface area (Å²) in [6.45, 7) is 0. The molecule has 0 unspecified atom stereocenters. The summed E-state index contributed by atoms with van der Waals surface area (Å²) in [6, 6.07) is 1.68. The second kappa shape index (κ2) is 3.08. The lowest BCUT2D eigenvalue weighted by molar-refractivity contribution is -0.132. The number of nitrogens with two attached hydrogens (primary N) is 1. The standard InChI is InChI=1S/C7H9N3O2/c1-10-3-2-5(9-10)4-6(8)7(11)12/h2-4H,8H2,1H3,(H,11,12)/b6-4+. The van der Waals surface area contributed by atoms with Crippen molar-refractivity contribution in [3.8, 4) is 0 Å². The van der Waals surface area contributed by atoms with Crippen LogP contribution in [0.4, 0.5) is 0 Å². The minimum atomic E-state index is -1.14. The van der Waals surface area contributed by atoms with Crippen molar-refractivity contribution in [1.29, 1.82) is 0 Å². The van der Waals surface area contributed by atoms with Crippen LogP contribution >= 0.6 is 0 Å². The van der Waals surface area contributed by atoms with E-state index in [1.807, 2.05) is 0 Å². The second-order valence-corrected chi connectivity index (χ2v) is 2.32. The van der Waals surface area contributed by atoms with Crippen LogP contribution in [-0.2, 0) is 11.8 Å². The van der Waals surface area contributed by atoms with E-state index in [2.05, 4.69) is 5.10 Å². The van der Waals surface area contributed by atoms with E-state index in [4.69, 9.17) is 10.8 Å². The first-order valence-corrected chi connectivity index (χ1v) is 3.29. The van der Waals surface area contributed by atoms with Gasteiger partial charge in [0.15, 0.2) is 0 Å². The number of hydrogen-bond donors (Lipinski definition) is 2. The normalized spacial score (nSPS) is 11.6. The Labute approximate surface area is 69.1 Å². The summed E-state index contributed by atoms with van der Waals surface area (Å²) in [5.74, 6) is -1.14. The van der Waals surface area contributed by atoms with Gasteiger partial charge in [0.2, 0.25) is 0 Å². The van der Waals surface area contributed by atoms with Crippen molar-refractivity contribution in [3.63, 3.8) is 0 Å². The first-order valence-electron chi connectivity index (χ1n) is 3.29. The summed E-state index contributed by atoms with van der Waals surface area (Å²) < 4.78 is 1.57. The molecule has 0 atom stereocenters. The van der Waals surface area contributed by atoms with Crippen LogP contribution in [0.2, 0.25) is 0 Å². The Hall–Kier alpha value is -1.78. The zero-order valence-corrected chi connectivity index (χ0v) is 6.56. The molecule has 64 valence electrons. The molecule has 0 aliphatic rings. The van der Waals surface area contributed by atoms with E-state index in [0.717, 1.165) is 0 Å². The van der Waals surface area contributed by atoms with Crippen molar-refractivity contribution in [2.45, 2.75) is 0 Å². The van der Waals surface area contributed by atoms with Crippen molar-refractivity contribution in [3.05, 3.63) is 23.7 Å². The lowest BCUT2D eigenvalue weighted by Gasteiger charge is -1.90. The molecule has 1 aromatic rings. The van der Waals surface area contributed by atoms with Gasteiger partial charge in [0.25, 0.3) is 0 Å². The number of aromatic nitrogens is 2. The highest BCUT2D eigenvalue weighted by atomic mass is 16.4.